The zero-order chi connectivity index (χ0) is 10.8. The molecule has 1 fully saturated rings. The summed E-state index contributed by atoms with van der Waals surface area (Å²) in [4.78, 5) is 2.43. The average Bonchev–Trinajstić information content (AvgIpc) is 2.23. The van der Waals surface area contributed by atoms with Gasteiger partial charge in [-0.25, -0.2) is 0 Å². The summed E-state index contributed by atoms with van der Waals surface area (Å²) in [6.07, 6.45) is 0. The molecule has 1 aromatic carbocycles. The van der Waals surface area contributed by atoms with Gasteiger partial charge in [0.2, 0.25) is 0 Å². The number of nitrogens with zero attached hydrogens (tertiary/aromatic N) is 1. The van der Waals surface area contributed by atoms with Crippen LogP contribution in [0.2, 0.25) is 5.02 Å². The Labute approximate surface area is 108 Å². The lowest BCUT2D eigenvalue weighted by Gasteiger charge is -2.37. The molecule has 0 bridgehead atoms. The van der Waals surface area contributed by atoms with Crippen molar-refractivity contribution in [2.45, 2.75) is 19.9 Å². The molecule has 0 aliphatic carbocycles. The minimum absolute atomic E-state index is 0. The van der Waals surface area contributed by atoms with Gasteiger partial charge in [0.1, 0.15) is 0 Å². The second-order valence-electron chi connectivity index (χ2n) is 4.13. The summed E-state index contributed by atoms with van der Waals surface area (Å²) in [5, 5.41) is 4.25. The molecular weight excluding hydrogens is 243 g/mol. The molecule has 2 nitrogen and oxygen atoms in total. The van der Waals surface area contributed by atoms with Gasteiger partial charge in [0, 0.05) is 36.4 Å². The van der Waals surface area contributed by atoms with Crippen LogP contribution in [0.5, 0.6) is 0 Å². The van der Waals surface area contributed by atoms with Crippen molar-refractivity contribution >= 4 is 29.7 Å². The van der Waals surface area contributed by atoms with Crippen molar-refractivity contribution < 1.29 is 0 Å². The highest BCUT2D eigenvalue weighted by molar-refractivity contribution is 6.31. The molecule has 1 unspecified atom stereocenters. The normalized spacial score (nSPS) is 20.4. The highest BCUT2D eigenvalue weighted by Crippen LogP contribution is 2.28. The average molecular weight is 261 g/mol. The number of benzene rings is 1. The van der Waals surface area contributed by atoms with Crippen LogP contribution in [-0.4, -0.2) is 25.7 Å². The molecule has 0 aromatic heterocycles. The molecule has 1 N–H and O–H groups in total. The first-order chi connectivity index (χ1) is 7.20. The number of rotatable bonds is 1. The van der Waals surface area contributed by atoms with E-state index in [0.717, 1.165) is 24.7 Å². The molecule has 1 aliphatic rings. The van der Waals surface area contributed by atoms with Crippen LogP contribution in [0.4, 0.5) is 5.69 Å². The molecule has 4 heteroatoms. The molecule has 1 saturated heterocycles. The van der Waals surface area contributed by atoms with Crippen molar-refractivity contribution in [2.24, 2.45) is 0 Å². The van der Waals surface area contributed by atoms with E-state index in [0.29, 0.717) is 6.04 Å². The Balaban J connectivity index is 0.00000128. The van der Waals surface area contributed by atoms with E-state index in [-0.39, 0.29) is 12.4 Å². The van der Waals surface area contributed by atoms with Crippen molar-refractivity contribution in [1.29, 1.82) is 0 Å². The van der Waals surface area contributed by atoms with Crippen molar-refractivity contribution in [3.8, 4) is 0 Å². The highest BCUT2D eigenvalue weighted by Gasteiger charge is 2.19. The molecule has 1 heterocycles. The van der Waals surface area contributed by atoms with Crippen molar-refractivity contribution in [1.82, 2.24) is 5.32 Å². The topological polar surface area (TPSA) is 15.3 Å². The van der Waals surface area contributed by atoms with Crippen molar-refractivity contribution in [3.05, 3.63) is 28.8 Å². The summed E-state index contributed by atoms with van der Waals surface area (Å²) in [6.45, 7) is 7.49. The summed E-state index contributed by atoms with van der Waals surface area (Å²) in [7, 11) is 0. The van der Waals surface area contributed by atoms with Crippen LogP contribution in [0.3, 0.4) is 0 Å². The number of hydrogen-bond donors (Lipinski definition) is 1. The predicted molar refractivity (Wildman–Crippen MR) is 73.1 cm³/mol. The van der Waals surface area contributed by atoms with E-state index in [2.05, 4.69) is 30.1 Å². The summed E-state index contributed by atoms with van der Waals surface area (Å²) < 4.78 is 0. The van der Waals surface area contributed by atoms with Crippen LogP contribution in [0.25, 0.3) is 0 Å². The molecule has 0 saturated carbocycles. The number of anilines is 1. The molecular formula is C12H18Cl2N2. The quantitative estimate of drug-likeness (QED) is 0.836. The van der Waals surface area contributed by atoms with E-state index in [4.69, 9.17) is 11.6 Å². The third kappa shape index (κ3) is 2.62. The van der Waals surface area contributed by atoms with Gasteiger partial charge < -0.3 is 10.2 Å². The van der Waals surface area contributed by atoms with E-state index >= 15 is 0 Å². The van der Waals surface area contributed by atoms with E-state index in [1.54, 1.807) is 0 Å². The SMILES string of the molecule is Cc1c(Cl)cccc1N1CCNCC1C.Cl. The van der Waals surface area contributed by atoms with Crippen LogP contribution in [0.15, 0.2) is 18.2 Å². The lowest BCUT2D eigenvalue weighted by Crippen LogP contribution is -2.50. The largest absolute Gasteiger partial charge is 0.366 e. The molecule has 0 amide bonds. The van der Waals surface area contributed by atoms with Crippen molar-refractivity contribution in [3.63, 3.8) is 0 Å². The number of piperazine rings is 1. The number of hydrogen-bond acceptors (Lipinski definition) is 2. The zero-order valence-corrected chi connectivity index (χ0v) is 11.2. The van der Waals surface area contributed by atoms with Gasteiger partial charge in [0.15, 0.2) is 0 Å². The lowest BCUT2D eigenvalue weighted by molar-refractivity contribution is 0.500. The molecule has 1 aromatic rings. The predicted octanol–water partition coefficient (Wildman–Crippen LogP) is 2.87. The third-order valence-electron chi connectivity index (χ3n) is 3.05. The molecule has 90 valence electrons. The van der Waals surface area contributed by atoms with E-state index in [1.165, 1.54) is 11.3 Å². The van der Waals surface area contributed by atoms with Gasteiger partial charge >= 0.3 is 0 Å². The second-order valence-corrected chi connectivity index (χ2v) is 4.54. The second kappa shape index (κ2) is 5.76. The lowest BCUT2D eigenvalue weighted by atomic mass is 10.1. The van der Waals surface area contributed by atoms with Crippen molar-refractivity contribution in [2.75, 3.05) is 24.5 Å². The Morgan fingerprint density at radius 2 is 2.19 bits per heavy atom. The summed E-state index contributed by atoms with van der Waals surface area (Å²) >= 11 is 6.14. The van der Waals surface area contributed by atoms with Crippen LogP contribution < -0.4 is 10.2 Å². The van der Waals surface area contributed by atoms with Gasteiger partial charge in [-0.1, -0.05) is 17.7 Å². The van der Waals surface area contributed by atoms with Gasteiger partial charge in [0.25, 0.3) is 0 Å². The molecule has 16 heavy (non-hydrogen) atoms. The number of halogens is 2. The highest BCUT2D eigenvalue weighted by atomic mass is 35.5. The number of nitrogens with one attached hydrogen (secondary N) is 1. The Morgan fingerprint density at radius 3 is 2.88 bits per heavy atom. The summed E-state index contributed by atoms with van der Waals surface area (Å²) in [6, 6.07) is 6.67. The Bertz CT molecular complexity index is 355. The van der Waals surface area contributed by atoms with Gasteiger partial charge in [-0.15, -0.1) is 12.4 Å². The van der Waals surface area contributed by atoms with Gasteiger partial charge in [-0.3, -0.25) is 0 Å². The first kappa shape index (κ1) is 13.6. The van der Waals surface area contributed by atoms with Crippen LogP contribution >= 0.6 is 24.0 Å². The third-order valence-corrected chi connectivity index (χ3v) is 3.46. The maximum Gasteiger partial charge on any atom is 0.0455 e. The first-order valence-corrected chi connectivity index (χ1v) is 5.80. The zero-order valence-electron chi connectivity index (χ0n) is 9.66. The molecule has 0 spiro atoms. The van der Waals surface area contributed by atoms with Crippen LogP contribution in [-0.2, 0) is 0 Å². The molecule has 0 radical (unpaired) electrons. The van der Waals surface area contributed by atoms with E-state index in [1.807, 2.05) is 12.1 Å². The maximum atomic E-state index is 6.14. The summed E-state index contributed by atoms with van der Waals surface area (Å²) in [5.74, 6) is 0. The van der Waals surface area contributed by atoms with Gasteiger partial charge in [-0.2, -0.15) is 0 Å². The standard InChI is InChI=1S/C12H17ClN2.ClH/c1-9-8-14-6-7-15(9)12-5-3-4-11(13)10(12)2;/h3-5,9,14H,6-8H2,1-2H3;1H. The van der Waals surface area contributed by atoms with E-state index < -0.39 is 0 Å². The molecule has 1 atom stereocenters. The van der Waals surface area contributed by atoms with E-state index in [9.17, 15) is 0 Å². The molecule has 1 aliphatic heterocycles. The summed E-state index contributed by atoms with van der Waals surface area (Å²) in [5.41, 5.74) is 2.46. The van der Waals surface area contributed by atoms with Gasteiger partial charge in [-0.05, 0) is 31.5 Å². The molecule has 2 rings (SSSR count). The Morgan fingerprint density at radius 1 is 1.44 bits per heavy atom. The minimum atomic E-state index is 0. The fraction of sp³-hybridized carbons (Fsp3) is 0.500. The first-order valence-electron chi connectivity index (χ1n) is 5.42. The Hall–Kier alpha value is -0.440. The minimum Gasteiger partial charge on any atom is -0.366 e. The van der Waals surface area contributed by atoms with Crippen LogP contribution in [0.1, 0.15) is 12.5 Å². The Kier molecular flexibility index (Phi) is 4.90. The fourth-order valence-electron chi connectivity index (χ4n) is 2.11. The maximum absolute atomic E-state index is 6.14. The van der Waals surface area contributed by atoms with Gasteiger partial charge in [0.05, 0.1) is 0 Å². The monoisotopic (exact) mass is 260 g/mol. The smallest absolute Gasteiger partial charge is 0.0455 e. The van der Waals surface area contributed by atoms with Crippen LogP contribution in [0, 0.1) is 6.92 Å². The fourth-order valence-corrected chi connectivity index (χ4v) is 2.28.